The van der Waals surface area contributed by atoms with Gasteiger partial charge < -0.3 is 14.8 Å². The number of H-pyrrole nitrogens is 1. The summed E-state index contributed by atoms with van der Waals surface area (Å²) >= 11 is 0. The number of carbonyl (C=O) groups excluding carboxylic acids is 1. The van der Waals surface area contributed by atoms with Gasteiger partial charge in [0.05, 0.1) is 19.4 Å². The van der Waals surface area contributed by atoms with Crippen LogP contribution < -0.4 is 5.32 Å². The number of ether oxygens (including phenoxy) is 2. The summed E-state index contributed by atoms with van der Waals surface area (Å²) in [7, 11) is 1.60. The molecule has 2 N–H and O–H groups in total. The van der Waals surface area contributed by atoms with E-state index >= 15 is 0 Å². The summed E-state index contributed by atoms with van der Waals surface area (Å²) in [5, 5.41) is 9.64. The van der Waals surface area contributed by atoms with Crippen molar-refractivity contribution in [1.82, 2.24) is 15.5 Å². The van der Waals surface area contributed by atoms with Gasteiger partial charge in [-0.05, 0) is 25.3 Å². The number of carbonyl (C=O) groups is 1. The van der Waals surface area contributed by atoms with Crippen molar-refractivity contribution >= 4 is 5.91 Å². The van der Waals surface area contributed by atoms with E-state index in [0.29, 0.717) is 19.8 Å². The molecule has 1 aromatic heterocycles. The zero-order chi connectivity index (χ0) is 13.2. The average Bonchev–Trinajstić information content (AvgIpc) is 2.76. The van der Waals surface area contributed by atoms with Crippen molar-refractivity contribution in [2.24, 2.45) is 0 Å². The smallest absolute Gasteiger partial charge is 0.245 e. The Morgan fingerprint density at radius 2 is 2.33 bits per heavy atom. The molecule has 0 aliphatic heterocycles. The highest BCUT2D eigenvalue weighted by Gasteiger charge is 2.02. The standard InChI is InChI=1S/C12H21N3O3/c1-10-11(8-14-15-10)4-3-5-13-12(16)9-18-7-6-17-2/h8H,3-7,9H2,1-2H3,(H,13,16)(H,14,15). The summed E-state index contributed by atoms with van der Waals surface area (Å²) in [4.78, 5) is 11.3. The first kappa shape index (κ1) is 14.7. The fraction of sp³-hybridized carbons (Fsp3) is 0.667. The maximum absolute atomic E-state index is 11.3. The summed E-state index contributed by atoms with van der Waals surface area (Å²) in [6, 6.07) is 0. The summed E-state index contributed by atoms with van der Waals surface area (Å²) in [5.74, 6) is -0.0879. The maximum Gasteiger partial charge on any atom is 0.245 e. The van der Waals surface area contributed by atoms with Crippen LogP contribution in [0, 0.1) is 6.92 Å². The molecule has 0 atom stereocenters. The van der Waals surface area contributed by atoms with Crippen molar-refractivity contribution in [2.75, 3.05) is 33.5 Å². The first-order chi connectivity index (χ1) is 8.74. The summed E-state index contributed by atoms with van der Waals surface area (Å²) in [6.07, 6.45) is 3.63. The highest BCUT2D eigenvalue weighted by atomic mass is 16.5. The molecule has 0 saturated carbocycles. The Hall–Kier alpha value is -1.40. The second-order valence-corrected chi connectivity index (χ2v) is 4.02. The molecular weight excluding hydrogens is 234 g/mol. The molecule has 0 aliphatic carbocycles. The van der Waals surface area contributed by atoms with Crippen molar-refractivity contribution in [2.45, 2.75) is 19.8 Å². The van der Waals surface area contributed by atoms with E-state index < -0.39 is 0 Å². The second kappa shape index (κ2) is 8.66. The number of aryl methyl sites for hydroxylation is 2. The topological polar surface area (TPSA) is 76.2 Å². The zero-order valence-electron chi connectivity index (χ0n) is 11.0. The van der Waals surface area contributed by atoms with Crippen LogP contribution in [0.5, 0.6) is 0 Å². The van der Waals surface area contributed by atoms with E-state index in [4.69, 9.17) is 9.47 Å². The molecule has 0 unspecified atom stereocenters. The fourth-order valence-corrected chi connectivity index (χ4v) is 1.49. The lowest BCUT2D eigenvalue weighted by Crippen LogP contribution is -2.29. The second-order valence-electron chi connectivity index (χ2n) is 4.02. The van der Waals surface area contributed by atoms with Crippen LogP contribution in [-0.2, 0) is 20.7 Å². The van der Waals surface area contributed by atoms with Crippen molar-refractivity contribution in [3.8, 4) is 0 Å². The lowest BCUT2D eigenvalue weighted by Gasteiger charge is -2.05. The van der Waals surface area contributed by atoms with Crippen LogP contribution in [0.15, 0.2) is 6.20 Å². The molecule has 1 rings (SSSR count). The van der Waals surface area contributed by atoms with Crippen LogP contribution in [-0.4, -0.2) is 49.6 Å². The molecular formula is C12H21N3O3. The van der Waals surface area contributed by atoms with Crippen LogP contribution in [0.3, 0.4) is 0 Å². The molecule has 6 heteroatoms. The maximum atomic E-state index is 11.3. The molecule has 0 spiro atoms. The Morgan fingerprint density at radius 1 is 1.50 bits per heavy atom. The van der Waals surface area contributed by atoms with Crippen LogP contribution in [0.1, 0.15) is 17.7 Å². The number of aromatic amines is 1. The highest BCUT2D eigenvalue weighted by Crippen LogP contribution is 2.04. The van der Waals surface area contributed by atoms with Gasteiger partial charge in [-0.1, -0.05) is 0 Å². The Kier molecular flexibility index (Phi) is 7.05. The predicted octanol–water partition coefficient (Wildman–Crippen LogP) is 0.430. The van der Waals surface area contributed by atoms with Gasteiger partial charge in [0.25, 0.3) is 0 Å². The predicted molar refractivity (Wildman–Crippen MR) is 67.4 cm³/mol. The molecule has 0 fully saturated rings. The van der Waals surface area contributed by atoms with E-state index in [1.165, 1.54) is 5.56 Å². The quantitative estimate of drug-likeness (QED) is 0.627. The van der Waals surface area contributed by atoms with E-state index in [1.54, 1.807) is 7.11 Å². The first-order valence-corrected chi connectivity index (χ1v) is 6.06. The lowest BCUT2D eigenvalue weighted by atomic mass is 10.1. The van der Waals surface area contributed by atoms with E-state index in [9.17, 15) is 4.79 Å². The number of rotatable bonds is 9. The molecule has 0 aromatic carbocycles. The number of aromatic nitrogens is 2. The molecule has 1 heterocycles. The monoisotopic (exact) mass is 255 g/mol. The number of amides is 1. The molecule has 18 heavy (non-hydrogen) atoms. The Labute approximate surface area is 107 Å². The Balaban J connectivity index is 2.00. The highest BCUT2D eigenvalue weighted by molar-refractivity contribution is 5.77. The third kappa shape index (κ3) is 5.79. The van der Waals surface area contributed by atoms with Gasteiger partial charge >= 0.3 is 0 Å². The van der Waals surface area contributed by atoms with Crippen LogP contribution >= 0.6 is 0 Å². The minimum Gasteiger partial charge on any atom is -0.382 e. The Morgan fingerprint density at radius 3 is 3.00 bits per heavy atom. The molecule has 102 valence electrons. The van der Waals surface area contributed by atoms with E-state index in [2.05, 4.69) is 15.5 Å². The van der Waals surface area contributed by atoms with Crippen molar-refractivity contribution in [3.63, 3.8) is 0 Å². The zero-order valence-corrected chi connectivity index (χ0v) is 11.0. The van der Waals surface area contributed by atoms with Gasteiger partial charge in [0.2, 0.25) is 5.91 Å². The van der Waals surface area contributed by atoms with Gasteiger partial charge in [0, 0.05) is 19.3 Å². The molecule has 1 amide bonds. The summed E-state index contributed by atoms with van der Waals surface area (Å²) in [5.41, 5.74) is 2.28. The SMILES string of the molecule is COCCOCC(=O)NCCCc1cn[nH]c1C. The van der Waals surface area contributed by atoms with E-state index in [0.717, 1.165) is 18.5 Å². The van der Waals surface area contributed by atoms with Gasteiger partial charge in [0.15, 0.2) is 0 Å². The Bertz CT molecular complexity index is 352. The van der Waals surface area contributed by atoms with Crippen LogP contribution in [0.25, 0.3) is 0 Å². The van der Waals surface area contributed by atoms with Gasteiger partial charge in [0.1, 0.15) is 6.61 Å². The van der Waals surface area contributed by atoms with Gasteiger partial charge in [-0.15, -0.1) is 0 Å². The number of hydrogen-bond donors (Lipinski definition) is 2. The van der Waals surface area contributed by atoms with Crippen molar-refractivity contribution < 1.29 is 14.3 Å². The number of nitrogens with zero attached hydrogens (tertiary/aromatic N) is 1. The summed E-state index contributed by atoms with van der Waals surface area (Å²) in [6.45, 7) is 3.68. The molecule has 0 aliphatic rings. The van der Waals surface area contributed by atoms with Crippen LogP contribution in [0.2, 0.25) is 0 Å². The molecule has 0 saturated heterocycles. The third-order valence-corrected chi connectivity index (χ3v) is 2.54. The van der Waals surface area contributed by atoms with E-state index in [-0.39, 0.29) is 12.5 Å². The van der Waals surface area contributed by atoms with Gasteiger partial charge in [-0.25, -0.2) is 0 Å². The minimum atomic E-state index is -0.0879. The molecule has 6 nitrogen and oxygen atoms in total. The minimum absolute atomic E-state index is 0.0879. The van der Waals surface area contributed by atoms with Gasteiger partial charge in [-0.3, -0.25) is 9.89 Å². The number of hydrogen-bond acceptors (Lipinski definition) is 4. The van der Waals surface area contributed by atoms with Gasteiger partial charge in [-0.2, -0.15) is 5.10 Å². The number of methoxy groups -OCH3 is 1. The third-order valence-electron chi connectivity index (χ3n) is 2.54. The molecule has 0 radical (unpaired) electrons. The summed E-state index contributed by atoms with van der Waals surface area (Å²) < 4.78 is 9.91. The average molecular weight is 255 g/mol. The van der Waals surface area contributed by atoms with E-state index in [1.807, 2.05) is 13.1 Å². The first-order valence-electron chi connectivity index (χ1n) is 6.06. The van der Waals surface area contributed by atoms with Crippen molar-refractivity contribution in [1.29, 1.82) is 0 Å². The fourth-order valence-electron chi connectivity index (χ4n) is 1.49. The van der Waals surface area contributed by atoms with Crippen LogP contribution in [0.4, 0.5) is 0 Å². The normalized spacial score (nSPS) is 10.6. The van der Waals surface area contributed by atoms with Crippen molar-refractivity contribution in [3.05, 3.63) is 17.5 Å². The number of nitrogens with one attached hydrogen (secondary N) is 2. The molecule has 0 bridgehead atoms. The lowest BCUT2D eigenvalue weighted by molar-refractivity contribution is -0.126. The largest absolute Gasteiger partial charge is 0.382 e. The molecule has 1 aromatic rings.